The number of carbonyl (C=O) groups is 5. The van der Waals surface area contributed by atoms with E-state index in [1.165, 1.54) is 0 Å². The van der Waals surface area contributed by atoms with Gasteiger partial charge in [-0.3, -0.25) is 14.6 Å². The number of nitrogens with zero attached hydrogens (tertiary/aromatic N) is 1. The number of amides is 2. The molecule has 13 nitrogen and oxygen atoms in total. The molecule has 6 N–H and O–H groups in total. The molecular weight excluding hydrogens is 596 g/mol. The smallest absolute Gasteiger partial charge is 0.407 e. The van der Waals surface area contributed by atoms with Gasteiger partial charge in [-0.05, 0) is 48.9 Å². The molecule has 1 heterocycles. The molecular formula is C33H38N4O9. The third-order valence-electron chi connectivity index (χ3n) is 7.22. The monoisotopic (exact) mass is 634 g/mol. The lowest BCUT2D eigenvalue weighted by molar-refractivity contribution is -0.142. The Bertz CT molecular complexity index is 1500. The first kappa shape index (κ1) is 35.2. The lowest BCUT2D eigenvalue weighted by Gasteiger charge is -2.23. The van der Waals surface area contributed by atoms with Gasteiger partial charge in [0.05, 0.1) is 17.5 Å². The van der Waals surface area contributed by atoms with E-state index >= 15 is 0 Å². The summed E-state index contributed by atoms with van der Waals surface area (Å²) < 4.78 is 5.24. The molecule has 1 fully saturated rings. The van der Waals surface area contributed by atoms with Crippen LogP contribution in [0.2, 0.25) is 0 Å². The minimum Gasteiger partial charge on any atom is -0.481 e. The Hall–Kier alpha value is -5.30. The van der Waals surface area contributed by atoms with Gasteiger partial charge in [-0.2, -0.15) is 0 Å². The molecule has 1 saturated carbocycles. The predicted octanol–water partition coefficient (Wildman–Crippen LogP) is 3.48. The highest BCUT2D eigenvalue weighted by atomic mass is 16.5. The molecule has 1 aliphatic carbocycles. The molecule has 46 heavy (non-hydrogen) atoms. The van der Waals surface area contributed by atoms with Crippen LogP contribution < -0.4 is 16.0 Å². The molecule has 4 rings (SSSR count). The predicted molar refractivity (Wildman–Crippen MR) is 168 cm³/mol. The lowest BCUT2D eigenvalue weighted by Crippen LogP contribution is -2.49. The van der Waals surface area contributed by atoms with Gasteiger partial charge in [0, 0.05) is 42.9 Å². The highest BCUT2D eigenvalue weighted by molar-refractivity contribution is 5.89. The summed E-state index contributed by atoms with van der Waals surface area (Å²) in [5, 5.41) is 35.2. The number of carboxylic acids is 3. The van der Waals surface area contributed by atoms with E-state index in [0.29, 0.717) is 50.9 Å². The van der Waals surface area contributed by atoms with Crippen LogP contribution in [-0.4, -0.2) is 68.8 Å². The summed E-state index contributed by atoms with van der Waals surface area (Å²) in [6, 6.07) is 18.4. The van der Waals surface area contributed by atoms with E-state index in [0.717, 1.165) is 28.5 Å². The first-order valence-corrected chi connectivity index (χ1v) is 14.8. The lowest BCUT2D eigenvalue weighted by atomic mass is 10.0. The Kier molecular flexibility index (Phi) is 14.1. The second kappa shape index (κ2) is 18.5. The van der Waals surface area contributed by atoms with Crippen LogP contribution >= 0.6 is 0 Å². The number of pyridine rings is 1. The number of benzene rings is 2. The average molecular weight is 635 g/mol. The number of aromatic nitrogens is 1. The Balaban J connectivity index is 0.000000637. The third kappa shape index (κ3) is 12.4. The SMILES string of the molecule is O=C(NCCC[C@H](NCc1ccc2cccnc2c1)C(=O)N[C@H]1CCC[C@H]1C(=O)O)OCc1ccccc1.O=C(O)/C=C/C(=O)O. The Labute approximate surface area is 265 Å². The van der Waals surface area contributed by atoms with Crippen molar-refractivity contribution in [3.8, 4) is 0 Å². The molecule has 3 aromatic rings. The Morgan fingerprint density at radius 3 is 2.35 bits per heavy atom. The van der Waals surface area contributed by atoms with E-state index in [9.17, 15) is 29.1 Å². The summed E-state index contributed by atoms with van der Waals surface area (Å²) in [4.78, 5) is 60.3. The maximum absolute atomic E-state index is 13.2. The number of carboxylic acid groups (broad SMARTS) is 3. The van der Waals surface area contributed by atoms with Gasteiger partial charge >= 0.3 is 24.0 Å². The molecule has 0 unspecified atom stereocenters. The zero-order valence-electron chi connectivity index (χ0n) is 25.1. The molecule has 1 aromatic heterocycles. The number of alkyl carbamates (subject to hydrolysis) is 1. The summed E-state index contributed by atoms with van der Waals surface area (Å²) >= 11 is 0. The van der Waals surface area contributed by atoms with Crippen LogP contribution in [0.15, 0.2) is 79.0 Å². The number of fused-ring (bicyclic) bond motifs is 1. The zero-order valence-corrected chi connectivity index (χ0v) is 25.1. The van der Waals surface area contributed by atoms with Crippen molar-refractivity contribution in [1.82, 2.24) is 20.9 Å². The normalized spacial score (nSPS) is 16.2. The van der Waals surface area contributed by atoms with Gasteiger partial charge in [-0.1, -0.05) is 55.0 Å². The number of hydrogen-bond acceptors (Lipinski definition) is 8. The molecule has 3 atom stereocenters. The number of ether oxygens (including phenoxy) is 1. The van der Waals surface area contributed by atoms with Crippen LogP contribution in [0.5, 0.6) is 0 Å². The maximum atomic E-state index is 13.2. The van der Waals surface area contributed by atoms with Crippen LogP contribution in [0.3, 0.4) is 0 Å². The standard InChI is InChI=1S/C29H34N4O5.C4H4O4/c34-27(33-24-11-4-10-23(24)28(35)36)25(32-18-21-13-14-22-9-5-15-30-26(22)17-21)12-6-16-31-29(37)38-19-20-7-2-1-3-8-20;5-3(6)1-2-4(7)8/h1-3,5,7-9,13-15,17,23-25,32H,4,6,10-12,16,18-19H2,(H,31,37)(H,33,34)(H,35,36);1-2H,(H,5,6)(H,7,8)/b;2-1+/t23-,24+,25+;/m1./s1. The van der Waals surface area contributed by atoms with Gasteiger partial charge in [-0.15, -0.1) is 0 Å². The summed E-state index contributed by atoms with van der Waals surface area (Å²) in [7, 11) is 0. The molecule has 0 saturated heterocycles. The largest absolute Gasteiger partial charge is 0.481 e. The fraction of sp³-hybridized carbons (Fsp3) is 0.333. The van der Waals surface area contributed by atoms with Gasteiger partial charge < -0.3 is 36.0 Å². The molecule has 0 aliphatic heterocycles. The summed E-state index contributed by atoms with van der Waals surface area (Å²) in [5.41, 5.74) is 2.77. The zero-order chi connectivity index (χ0) is 33.3. The third-order valence-corrected chi connectivity index (χ3v) is 7.22. The molecule has 0 bridgehead atoms. The highest BCUT2D eigenvalue weighted by Crippen LogP contribution is 2.26. The molecule has 0 spiro atoms. The number of carbonyl (C=O) groups excluding carboxylic acids is 2. The number of aliphatic carboxylic acids is 3. The van der Waals surface area contributed by atoms with Crippen LogP contribution in [0.1, 0.15) is 43.2 Å². The summed E-state index contributed by atoms with van der Waals surface area (Å²) in [6.45, 7) is 0.982. The topological polar surface area (TPSA) is 204 Å². The van der Waals surface area contributed by atoms with E-state index in [2.05, 4.69) is 20.9 Å². The van der Waals surface area contributed by atoms with Crippen LogP contribution in [-0.2, 0) is 37.1 Å². The van der Waals surface area contributed by atoms with E-state index in [-0.39, 0.29) is 18.6 Å². The van der Waals surface area contributed by atoms with Gasteiger partial charge in [0.1, 0.15) is 6.61 Å². The van der Waals surface area contributed by atoms with Gasteiger partial charge in [0.15, 0.2) is 0 Å². The molecule has 2 amide bonds. The Morgan fingerprint density at radius 1 is 0.913 bits per heavy atom. The van der Waals surface area contributed by atoms with Crippen molar-refractivity contribution < 1.29 is 44.0 Å². The molecule has 0 radical (unpaired) electrons. The quantitative estimate of drug-likeness (QED) is 0.112. The minimum atomic E-state index is -1.26. The van der Waals surface area contributed by atoms with E-state index in [4.69, 9.17) is 14.9 Å². The van der Waals surface area contributed by atoms with Crippen molar-refractivity contribution >= 4 is 40.8 Å². The van der Waals surface area contributed by atoms with E-state index in [1.807, 2.05) is 60.7 Å². The summed E-state index contributed by atoms with van der Waals surface area (Å²) in [6.07, 6.45) is 5.34. The fourth-order valence-electron chi connectivity index (χ4n) is 4.91. The van der Waals surface area contributed by atoms with Crippen LogP contribution in [0, 0.1) is 5.92 Å². The number of rotatable bonds is 14. The van der Waals surface area contributed by atoms with Crippen molar-refractivity contribution in [2.45, 2.75) is 57.3 Å². The number of nitrogens with one attached hydrogen (secondary N) is 3. The molecule has 2 aromatic carbocycles. The summed E-state index contributed by atoms with van der Waals surface area (Å²) in [5.74, 6) is -4.18. The molecule has 1 aliphatic rings. The first-order valence-electron chi connectivity index (χ1n) is 14.8. The highest BCUT2D eigenvalue weighted by Gasteiger charge is 2.35. The van der Waals surface area contributed by atoms with Crippen molar-refractivity contribution in [1.29, 1.82) is 0 Å². The molecule has 13 heteroatoms. The van der Waals surface area contributed by atoms with E-state index in [1.54, 1.807) is 6.20 Å². The fourth-order valence-corrected chi connectivity index (χ4v) is 4.91. The van der Waals surface area contributed by atoms with Crippen LogP contribution in [0.25, 0.3) is 10.9 Å². The van der Waals surface area contributed by atoms with Crippen LogP contribution in [0.4, 0.5) is 4.79 Å². The van der Waals surface area contributed by atoms with Gasteiger partial charge in [0.25, 0.3) is 0 Å². The van der Waals surface area contributed by atoms with Crippen molar-refractivity contribution in [3.63, 3.8) is 0 Å². The minimum absolute atomic E-state index is 0.187. The van der Waals surface area contributed by atoms with Crippen molar-refractivity contribution in [2.24, 2.45) is 5.92 Å². The van der Waals surface area contributed by atoms with Gasteiger partial charge in [-0.25, -0.2) is 14.4 Å². The second-order valence-electron chi connectivity index (χ2n) is 10.6. The van der Waals surface area contributed by atoms with Gasteiger partial charge in [0.2, 0.25) is 5.91 Å². The Morgan fingerprint density at radius 2 is 1.65 bits per heavy atom. The first-order chi connectivity index (χ1) is 22.1. The van der Waals surface area contributed by atoms with Crippen molar-refractivity contribution in [2.75, 3.05) is 6.54 Å². The van der Waals surface area contributed by atoms with E-state index < -0.39 is 36.0 Å². The molecule has 244 valence electrons. The maximum Gasteiger partial charge on any atom is 0.407 e. The van der Waals surface area contributed by atoms with Crippen molar-refractivity contribution in [3.05, 3.63) is 90.1 Å². The average Bonchev–Trinajstić information content (AvgIpc) is 3.51. The second-order valence-corrected chi connectivity index (χ2v) is 10.6. The number of hydrogen-bond donors (Lipinski definition) is 6.